The van der Waals surface area contributed by atoms with Crippen molar-refractivity contribution in [2.45, 2.75) is 26.4 Å². The molecule has 20 heavy (non-hydrogen) atoms. The third-order valence-corrected chi connectivity index (χ3v) is 2.89. The molecule has 2 aromatic heterocycles. The van der Waals surface area contributed by atoms with Crippen molar-refractivity contribution in [2.24, 2.45) is 0 Å². The van der Waals surface area contributed by atoms with Crippen molar-refractivity contribution in [3.05, 3.63) is 47.6 Å². The van der Waals surface area contributed by atoms with E-state index in [2.05, 4.69) is 15.5 Å². The van der Waals surface area contributed by atoms with Gasteiger partial charge in [0.1, 0.15) is 11.5 Å². The minimum absolute atomic E-state index is 0.148. The van der Waals surface area contributed by atoms with E-state index in [-0.39, 0.29) is 12.1 Å². The van der Waals surface area contributed by atoms with Crippen LogP contribution in [0.15, 0.2) is 35.0 Å². The average Bonchev–Trinajstić information content (AvgIpc) is 2.85. The molecule has 2 amide bonds. The first-order valence-corrected chi connectivity index (χ1v) is 6.41. The van der Waals surface area contributed by atoms with Crippen LogP contribution in [-0.4, -0.2) is 28.1 Å². The lowest BCUT2D eigenvalue weighted by Crippen LogP contribution is -2.38. The quantitative estimate of drug-likeness (QED) is 0.928. The van der Waals surface area contributed by atoms with Gasteiger partial charge in [-0.25, -0.2) is 4.79 Å². The Bertz CT molecular complexity index is 568. The van der Waals surface area contributed by atoms with Gasteiger partial charge in [-0.1, -0.05) is 11.2 Å². The van der Waals surface area contributed by atoms with E-state index in [4.69, 9.17) is 4.52 Å². The summed E-state index contributed by atoms with van der Waals surface area (Å²) in [6.07, 6.45) is 1.71. The van der Waals surface area contributed by atoms with E-state index < -0.39 is 0 Å². The summed E-state index contributed by atoms with van der Waals surface area (Å²) in [5.74, 6) is 0.732. The maximum atomic E-state index is 12.1. The molecule has 1 N–H and O–H groups in total. The topological polar surface area (TPSA) is 71.3 Å². The molecular formula is C14H18N4O2. The molecule has 0 aliphatic rings. The molecule has 0 aliphatic heterocycles. The molecule has 6 heteroatoms. The number of aromatic nitrogens is 2. The molecule has 0 radical (unpaired) electrons. The van der Waals surface area contributed by atoms with Crippen LogP contribution in [0.3, 0.4) is 0 Å². The predicted octanol–water partition coefficient (Wildman–Crippen LogP) is 2.28. The minimum Gasteiger partial charge on any atom is -0.361 e. The van der Waals surface area contributed by atoms with Gasteiger partial charge in [0.15, 0.2) is 0 Å². The smallest absolute Gasteiger partial charge is 0.318 e. The Morgan fingerprint density at radius 1 is 1.50 bits per heavy atom. The maximum Gasteiger partial charge on any atom is 0.318 e. The first kappa shape index (κ1) is 14.0. The van der Waals surface area contributed by atoms with E-state index in [1.54, 1.807) is 18.1 Å². The van der Waals surface area contributed by atoms with Crippen LogP contribution >= 0.6 is 0 Å². The standard InChI is InChI=1S/C14H18N4O2/c1-10-8-12(17-20-10)9-18(3)14(19)16-11(2)13-6-4-5-7-15-13/h4-8,11H,9H2,1-3H3,(H,16,19). The fourth-order valence-corrected chi connectivity index (χ4v) is 1.81. The van der Waals surface area contributed by atoms with Crippen molar-refractivity contribution in [3.8, 4) is 0 Å². The number of urea groups is 1. The molecule has 2 rings (SSSR count). The zero-order valence-corrected chi connectivity index (χ0v) is 11.8. The highest BCUT2D eigenvalue weighted by Gasteiger charge is 2.15. The predicted molar refractivity (Wildman–Crippen MR) is 73.9 cm³/mol. The van der Waals surface area contributed by atoms with Gasteiger partial charge in [-0.2, -0.15) is 0 Å². The van der Waals surface area contributed by atoms with Crippen molar-refractivity contribution in [1.82, 2.24) is 20.4 Å². The van der Waals surface area contributed by atoms with Gasteiger partial charge in [-0.05, 0) is 26.0 Å². The van der Waals surface area contributed by atoms with Crippen LogP contribution in [0, 0.1) is 6.92 Å². The molecule has 0 fully saturated rings. The molecule has 2 heterocycles. The number of amides is 2. The van der Waals surface area contributed by atoms with Crippen molar-refractivity contribution >= 4 is 6.03 Å². The van der Waals surface area contributed by atoms with Crippen LogP contribution in [0.4, 0.5) is 4.79 Å². The highest BCUT2D eigenvalue weighted by Crippen LogP contribution is 2.09. The largest absolute Gasteiger partial charge is 0.361 e. The second-order valence-corrected chi connectivity index (χ2v) is 4.71. The highest BCUT2D eigenvalue weighted by molar-refractivity contribution is 5.74. The van der Waals surface area contributed by atoms with E-state index in [0.29, 0.717) is 6.54 Å². The van der Waals surface area contributed by atoms with Crippen molar-refractivity contribution in [2.75, 3.05) is 7.05 Å². The van der Waals surface area contributed by atoms with Crippen LogP contribution in [0.2, 0.25) is 0 Å². The van der Waals surface area contributed by atoms with Gasteiger partial charge in [-0.15, -0.1) is 0 Å². The fourth-order valence-electron chi connectivity index (χ4n) is 1.81. The number of hydrogen-bond acceptors (Lipinski definition) is 4. The molecule has 0 aromatic carbocycles. The molecule has 106 valence electrons. The Morgan fingerprint density at radius 3 is 2.90 bits per heavy atom. The van der Waals surface area contributed by atoms with Crippen molar-refractivity contribution < 1.29 is 9.32 Å². The van der Waals surface area contributed by atoms with Gasteiger partial charge in [0.2, 0.25) is 0 Å². The molecule has 1 atom stereocenters. The second kappa shape index (κ2) is 6.18. The average molecular weight is 274 g/mol. The van der Waals surface area contributed by atoms with Crippen LogP contribution in [0.25, 0.3) is 0 Å². The number of rotatable bonds is 4. The molecule has 6 nitrogen and oxygen atoms in total. The van der Waals surface area contributed by atoms with Crippen LogP contribution in [0.1, 0.15) is 30.1 Å². The summed E-state index contributed by atoms with van der Waals surface area (Å²) in [6, 6.07) is 7.11. The van der Waals surface area contributed by atoms with Gasteiger partial charge < -0.3 is 14.7 Å². The number of nitrogens with one attached hydrogen (secondary N) is 1. The summed E-state index contributed by atoms with van der Waals surface area (Å²) in [4.78, 5) is 17.8. The van der Waals surface area contributed by atoms with E-state index in [9.17, 15) is 4.79 Å². The maximum absolute atomic E-state index is 12.1. The molecule has 1 unspecified atom stereocenters. The van der Waals surface area contributed by atoms with E-state index >= 15 is 0 Å². The minimum atomic E-state index is -0.177. The van der Waals surface area contributed by atoms with Gasteiger partial charge in [0, 0.05) is 19.3 Å². The summed E-state index contributed by atoms with van der Waals surface area (Å²) < 4.78 is 4.98. The van der Waals surface area contributed by atoms with Crippen LogP contribution in [-0.2, 0) is 6.54 Å². The van der Waals surface area contributed by atoms with E-state index in [0.717, 1.165) is 17.1 Å². The van der Waals surface area contributed by atoms with Gasteiger partial charge in [-0.3, -0.25) is 4.98 Å². The zero-order chi connectivity index (χ0) is 14.5. The molecule has 0 saturated carbocycles. The van der Waals surface area contributed by atoms with Crippen molar-refractivity contribution in [3.63, 3.8) is 0 Å². The Hall–Kier alpha value is -2.37. The molecule has 0 aliphatic carbocycles. The normalized spacial score (nSPS) is 11.9. The number of hydrogen-bond donors (Lipinski definition) is 1. The molecular weight excluding hydrogens is 256 g/mol. The SMILES string of the molecule is Cc1cc(CN(C)C(=O)NC(C)c2ccccn2)no1. The summed E-state index contributed by atoms with van der Waals surface area (Å²) >= 11 is 0. The number of nitrogens with zero attached hydrogens (tertiary/aromatic N) is 3. The number of aryl methyl sites for hydroxylation is 1. The molecule has 0 saturated heterocycles. The number of carbonyl (C=O) groups excluding carboxylic acids is 1. The van der Waals surface area contributed by atoms with Crippen LogP contribution in [0.5, 0.6) is 0 Å². The third-order valence-electron chi connectivity index (χ3n) is 2.89. The number of carbonyl (C=O) groups is 1. The Kier molecular flexibility index (Phi) is 4.34. The van der Waals surface area contributed by atoms with E-state index in [1.165, 1.54) is 0 Å². The molecule has 2 aromatic rings. The molecule has 0 bridgehead atoms. The molecule has 0 spiro atoms. The third kappa shape index (κ3) is 3.57. The first-order valence-electron chi connectivity index (χ1n) is 6.41. The monoisotopic (exact) mass is 274 g/mol. The Labute approximate surface area is 117 Å². The van der Waals surface area contributed by atoms with Crippen molar-refractivity contribution in [1.29, 1.82) is 0 Å². The zero-order valence-electron chi connectivity index (χ0n) is 11.8. The summed E-state index contributed by atoms with van der Waals surface area (Å²) in [5, 5.41) is 6.76. The Balaban J connectivity index is 1.91. The van der Waals surface area contributed by atoms with E-state index in [1.807, 2.05) is 38.1 Å². The lowest BCUT2D eigenvalue weighted by atomic mass is 10.2. The second-order valence-electron chi connectivity index (χ2n) is 4.71. The summed E-state index contributed by atoms with van der Waals surface area (Å²) in [6.45, 7) is 4.12. The summed E-state index contributed by atoms with van der Waals surface area (Å²) in [7, 11) is 1.71. The fraction of sp³-hybridized carbons (Fsp3) is 0.357. The Morgan fingerprint density at radius 2 is 2.30 bits per heavy atom. The number of pyridine rings is 1. The lowest BCUT2D eigenvalue weighted by Gasteiger charge is -2.20. The lowest BCUT2D eigenvalue weighted by molar-refractivity contribution is 0.202. The first-order chi connectivity index (χ1) is 9.56. The highest BCUT2D eigenvalue weighted by atomic mass is 16.5. The van der Waals surface area contributed by atoms with Gasteiger partial charge in [0.05, 0.1) is 18.3 Å². The van der Waals surface area contributed by atoms with Gasteiger partial charge in [0.25, 0.3) is 0 Å². The summed E-state index contributed by atoms with van der Waals surface area (Å²) in [5.41, 5.74) is 1.55. The van der Waals surface area contributed by atoms with Crippen LogP contribution < -0.4 is 5.32 Å². The van der Waals surface area contributed by atoms with Gasteiger partial charge >= 0.3 is 6.03 Å².